The summed E-state index contributed by atoms with van der Waals surface area (Å²) in [6.07, 6.45) is 0.597. The van der Waals surface area contributed by atoms with E-state index < -0.39 is 0 Å². The summed E-state index contributed by atoms with van der Waals surface area (Å²) in [5.41, 5.74) is 0.781. The lowest BCUT2D eigenvalue weighted by Crippen LogP contribution is -2.38. The summed E-state index contributed by atoms with van der Waals surface area (Å²) >= 11 is 3.08. The molecule has 0 bridgehead atoms. The van der Waals surface area contributed by atoms with E-state index in [0.29, 0.717) is 17.8 Å². The Morgan fingerprint density at radius 1 is 1.48 bits per heavy atom. The van der Waals surface area contributed by atoms with E-state index >= 15 is 0 Å². The van der Waals surface area contributed by atoms with Crippen LogP contribution in [0.15, 0.2) is 17.5 Å². The zero-order valence-electron chi connectivity index (χ0n) is 12.5. The van der Waals surface area contributed by atoms with E-state index in [1.807, 2.05) is 38.3 Å². The van der Waals surface area contributed by atoms with E-state index in [0.717, 1.165) is 15.6 Å². The van der Waals surface area contributed by atoms with Gasteiger partial charge in [0.2, 0.25) is 0 Å². The molecule has 0 aliphatic heterocycles. The number of aliphatic hydroxyl groups is 1. The number of rotatable bonds is 6. The van der Waals surface area contributed by atoms with Gasteiger partial charge in [-0.25, -0.2) is 4.98 Å². The van der Waals surface area contributed by atoms with Crippen LogP contribution in [-0.4, -0.2) is 40.1 Å². The summed E-state index contributed by atoms with van der Waals surface area (Å²) in [4.78, 5) is 20.8. The molecular formula is C15H20N2O2S2. The Labute approximate surface area is 133 Å². The molecule has 21 heavy (non-hydrogen) atoms. The first kappa shape index (κ1) is 16.1. The van der Waals surface area contributed by atoms with Gasteiger partial charge >= 0.3 is 0 Å². The van der Waals surface area contributed by atoms with Crippen LogP contribution < -0.4 is 0 Å². The topological polar surface area (TPSA) is 53.4 Å². The van der Waals surface area contributed by atoms with Crippen LogP contribution in [0.2, 0.25) is 0 Å². The van der Waals surface area contributed by atoms with Gasteiger partial charge in [0.25, 0.3) is 5.91 Å². The third-order valence-corrected chi connectivity index (χ3v) is 5.35. The molecule has 0 saturated heterocycles. The number of aromatic nitrogens is 1. The number of hydrogen-bond donors (Lipinski definition) is 1. The first-order valence-corrected chi connectivity index (χ1v) is 8.67. The van der Waals surface area contributed by atoms with E-state index in [-0.39, 0.29) is 18.6 Å². The smallest absolute Gasteiger partial charge is 0.266 e. The lowest BCUT2D eigenvalue weighted by atomic mass is 10.2. The molecule has 0 spiro atoms. The van der Waals surface area contributed by atoms with E-state index in [9.17, 15) is 4.79 Å². The van der Waals surface area contributed by atoms with Crippen molar-refractivity contribution in [3.05, 3.63) is 28.1 Å². The predicted octanol–water partition coefficient (Wildman–Crippen LogP) is 3.41. The molecule has 1 amide bonds. The molecule has 0 aliphatic carbocycles. The standard InChI is InChI=1S/C15H20N2O2S2/c1-10(2)17(7-5-8-18)15(19)13-11(3)16-14(21-13)12-6-4-9-20-12/h4,6,9-10,18H,5,7-8H2,1-3H3. The molecule has 0 atom stereocenters. The summed E-state index contributed by atoms with van der Waals surface area (Å²) in [5, 5.41) is 11.9. The van der Waals surface area contributed by atoms with E-state index in [2.05, 4.69) is 4.98 Å². The maximum Gasteiger partial charge on any atom is 0.266 e. The predicted molar refractivity (Wildman–Crippen MR) is 88.0 cm³/mol. The van der Waals surface area contributed by atoms with Crippen LogP contribution in [0.5, 0.6) is 0 Å². The zero-order valence-corrected chi connectivity index (χ0v) is 14.1. The minimum absolute atomic E-state index is 0.0104. The number of carbonyl (C=O) groups excluding carboxylic acids is 1. The van der Waals surface area contributed by atoms with Gasteiger partial charge in [0.1, 0.15) is 9.88 Å². The number of aryl methyl sites for hydroxylation is 1. The Morgan fingerprint density at radius 2 is 2.24 bits per heavy atom. The third kappa shape index (κ3) is 3.70. The highest BCUT2D eigenvalue weighted by Crippen LogP contribution is 2.31. The quantitative estimate of drug-likeness (QED) is 0.886. The molecule has 1 N–H and O–H groups in total. The molecule has 0 aliphatic rings. The largest absolute Gasteiger partial charge is 0.396 e. The maximum absolute atomic E-state index is 12.7. The maximum atomic E-state index is 12.7. The number of amides is 1. The Balaban J connectivity index is 2.25. The number of hydrogen-bond acceptors (Lipinski definition) is 5. The van der Waals surface area contributed by atoms with Gasteiger partial charge in [0.05, 0.1) is 10.6 Å². The van der Waals surface area contributed by atoms with Crippen molar-refractivity contribution in [3.8, 4) is 9.88 Å². The van der Waals surface area contributed by atoms with Crippen LogP contribution in [0.3, 0.4) is 0 Å². The number of thiazole rings is 1. The summed E-state index contributed by atoms with van der Waals surface area (Å²) in [6.45, 7) is 6.53. The molecule has 0 fully saturated rings. The van der Waals surface area contributed by atoms with Crippen LogP contribution in [0.4, 0.5) is 0 Å². The molecular weight excluding hydrogens is 304 g/mol. The molecule has 2 heterocycles. The molecule has 6 heteroatoms. The third-order valence-electron chi connectivity index (χ3n) is 3.16. The van der Waals surface area contributed by atoms with Crippen molar-refractivity contribution in [2.75, 3.05) is 13.2 Å². The second kappa shape index (κ2) is 7.15. The Morgan fingerprint density at radius 3 is 2.81 bits per heavy atom. The van der Waals surface area contributed by atoms with Crippen LogP contribution in [0.25, 0.3) is 9.88 Å². The molecule has 4 nitrogen and oxygen atoms in total. The summed E-state index contributed by atoms with van der Waals surface area (Å²) in [6, 6.07) is 4.11. The van der Waals surface area contributed by atoms with Gasteiger partial charge in [-0.3, -0.25) is 4.79 Å². The van der Waals surface area contributed by atoms with Crippen molar-refractivity contribution >= 4 is 28.6 Å². The van der Waals surface area contributed by atoms with Gasteiger partial charge in [-0.05, 0) is 38.6 Å². The fourth-order valence-electron chi connectivity index (χ4n) is 2.07. The number of aliphatic hydroxyl groups excluding tert-OH is 1. The van der Waals surface area contributed by atoms with Gasteiger partial charge in [0.15, 0.2) is 0 Å². The van der Waals surface area contributed by atoms with Crippen LogP contribution in [0.1, 0.15) is 35.6 Å². The number of nitrogens with zero attached hydrogens (tertiary/aromatic N) is 2. The lowest BCUT2D eigenvalue weighted by molar-refractivity contribution is 0.0697. The first-order chi connectivity index (χ1) is 10.0. The lowest BCUT2D eigenvalue weighted by Gasteiger charge is -2.26. The number of thiophene rings is 1. The molecule has 114 valence electrons. The van der Waals surface area contributed by atoms with Crippen molar-refractivity contribution in [2.24, 2.45) is 0 Å². The van der Waals surface area contributed by atoms with Gasteiger partial charge < -0.3 is 10.0 Å². The molecule has 2 aromatic rings. The second-order valence-corrected chi connectivity index (χ2v) is 7.03. The molecule has 0 aromatic carbocycles. The minimum Gasteiger partial charge on any atom is -0.396 e. The van der Waals surface area contributed by atoms with E-state index in [1.165, 1.54) is 11.3 Å². The SMILES string of the molecule is Cc1nc(-c2cccs2)sc1C(=O)N(CCCO)C(C)C. The first-order valence-electron chi connectivity index (χ1n) is 6.97. The summed E-state index contributed by atoms with van der Waals surface area (Å²) in [5.74, 6) is 0.0104. The van der Waals surface area contributed by atoms with E-state index in [4.69, 9.17) is 5.11 Å². The monoisotopic (exact) mass is 324 g/mol. The highest BCUT2D eigenvalue weighted by atomic mass is 32.1. The van der Waals surface area contributed by atoms with Crippen molar-refractivity contribution in [1.82, 2.24) is 9.88 Å². The zero-order chi connectivity index (χ0) is 15.4. The average molecular weight is 324 g/mol. The summed E-state index contributed by atoms with van der Waals surface area (Å²) < 4.78 is 0. The Bertz CT molecular complexity index is 591. The Kier molecular flexibility index (Phi) is 5.50. The normalized spacial score (nSPS) is 11.1. The number of carbonyl (C=O) groups is 1. The molecule has 2 rings (SSSR count). The van der Waals surface area contributed by atoms with Gasteiger partial charge in [-0.15, -0.1) is 22.7 Å². The van der Waals surface area contributed by atoms with Crippen molar-refractivity contribution in [1.29, 1.82) is 0 Å². The minimum atomic E-state index is 0.0104. The van der Waals surface area contributed by atoms with Crippen LogP contribution in [0, 0.1) is 6.92 Å². The fourth-order valence-corrected chi connectivity index (χ4v) is 3.89. The second-order valence-electron chi connectivity index (χ2n) is 5.08. The van der Waals surface area contributed by atoms with Crippen molar-refractivity contribution in [2.45, 2.75) is 33.2 Å². The average Bonchev–Trinajstić information content (AvgIpc) is 3.07. The van der Waals surface area contributed by atoms with Gasteiger partial charge in [-0.1, -0.05) is 6.07 Å². The van der Waals surface area contributed by atoms with E-state index in [1.54, 1.807) is 16.2 Å². The van der Waals surface area contributed by atoms with Crippen molar-refractivity contribution in [3.63, 3.8) is 0 Å². The fraction of sp³-hybridized carbons (Fsp3) is 0.467. The highest BCUT2D eigenvalue weighted by molar-refractivity contribution is 7.22. The summed E-state index contributed by atoms with van der Waals surface area (Å²) in [7, 11) is 0. The van der Waals surface area contributed by atoms with Crippen LogP contribution >= 0.6 is 22.7 Å². The van der Waals surface area contributed by atoms with Crippen molar-refractivity contribution < 1.29 is 9.90 Å². The van der Waals surface area contributed by atoms with Gasteiger partial charge in [-0.2, -0.15) is 0 Å². The van der Waals surface area contributed by atoms with Gasteiger partial charge in [0, 0.05) is 19.2 Å². The molecule has 2 aromatic heterocycles. The molecule has 0 radical (unpaired) electrons. The Hall–Kier alpha value is -1.24. The molecule has 0 saturated carbocycles. The van der Waals surface area contributed by atoms with Crippen LogP contribution in [-0.2, 0) is 0 Å². The highest BCUT2D eigenvalue weighted by Gasteiger charge is 2.23. The molecule has 0 unspecified atom stereocenters.